The van der Waals surface area contributed by atoms with E-state index in [1.54, 1.807) is 41.3 Å². The number of fused-ring (bicyclic) bond motifs is 1. The SMILES string of the molecule is COc1ccc(NC(=O)c2cnn3c2C(=O)N(c2ccc(C4CC(F)(F)C4)cc2)[C@@H](C)C3)cc1C#N. The molecule has 1 atom stereocenters. The van der Waals surface area contributed by atoms with Crippen molar-refractivity contribution in [2.75, 3.05) is 17.3 Å². The number of nitriles is 1. The zero-order chi connectivity index (χ0) is 25.6. The monoisotopic (exact) mass is 491 g/mol. The lowest BCUT2D eigenvalue weighted by atomic mass is 9.77. The Labute approximate surface area is 206 Å². The highest BCUT2D eigenvalue weighted by Gasteiger charge is 2.45. The third-order valence-electron chi connectivity index (χ3n) is 6.69. The standard InChI is InChI=1S/C26H23F2N5O3/c1-15-14-32-23(21(13-30-32)24(34)31-19-5-8-22(36-2)17(9-19)12-29)25(35)33(15)20-6-3-16(4-7-20)18-10-26(27,28)11-18/h3-9,13,15,18H,10-11,14H2,1-2H3,(H,31,34)/t15-/m0/s1. The molecule has 1 aliphatic carbocycles. The van der Waals surface area contributed by atoms with Crippen LogP contribution in [0, 0.1) is 11.3 Å². The second kappa shape index (κ2) is 8.75. The van der Waals surface area contributed by atoms with Gasteiger partial charge in [0.05, 0.1) is 37.0 Å². The van der Waals surface area contributed by atoms with E-state index in [-0.39, 0.29) is 47.5 Å². The van der Waals surface area contributed by atoms with Crippen LogP contribution < -0.4 is 15.0 Å². The van der Waals surface area contributed by atoms with Gasteiger partial charge in [-0.05, 0) is 48.7 Å². The quantitative estimate of drug-likeness (QED) is 0.563. The van der Waals surface area contributed by atoms with E-state index in [2.05, 4.69) is 10.4 Å². The number of anilines is 2. The molecule has 1 saturated carbocycles. The summed E-state index contributed by atoms with van der Waals surface area (Å²) in [5.74, 6) is -3.31. The van der Waals surface area contributed by atoms with E-state index >= 15 is 0 Å². The predicted molar refractivity (Wildman–Crippen MR) is 128 cm³/mol. The minimum absolute atomic E-state index is 0.111. The lowest BCUT2D eigenvalue weighted by Gasteiger charge is -2.36. The van der Waals surface area contributed by atoms with Crippen LogP contribution in [0.3, 0.4) is 0 Å². The van der Waals surface area contributed by atoms with Crippen LogP contribution in [0.2, 0.25) is 0 Å². The molecule has 2 amide bonds. The van der Waals surface area contributed by atoms with Gasteiger partial charge < -0.3 is 15.0 Å². The summed E-state index contributed by atoms with van der Waals surface area (Å²) in [5.41, 5.74) is 2.35. The molecule has 0 bridgehead atoms. The molecule has 1 aromatic heterocycles. The van der Waals surface area contributed by atoms with Crippen LogP contribution in [0.1, 0.15) is 57.7 Å². The van der Waals surface area contributed by atoms with Gasteiger partial charge in [-0.25, -0.2) is 8.78 Å². The topological polar surface area (TPSA) is 100 Å². The Hall–Kier alpha value is -4.26. The smallest absolute Gasteiger partial charge is 0.277 e. The van der Waals surface area contributed by atoms with Crippen LogP contribution in [0.15, 0.2) is 48.7 Å². The van der Waals surface area contributed by atoms with E-state index in [0.29, 0.717) is 23.7 Å². The third-order valence-corrected chi connectivity index (χ3v) is 6.69. The number of halogens is 2. The van der Waals surface area contributed by atoms with Crippen molar-refractivity contribution in [3.05, 3.63) is 71.0 Å². The highest BCUT2D eigenvalue weighted by molar-refractivity contribution is 6.15. The molecule has 36 heavy (non-hydrogen) atoms. The summed E-state index contributed by atoms with van der Waals surface area (Å²) in [6.45, 7) is 2.26. The summed E-state index contributed by atoms with van der Waals surface area (Å²) in [4.78, 5) is 28.2. The highest BCUT2D eigenvalue weighted by Crippen LogP contribution is 2.48. The van der Waals surface area contributed by atoms with Crippen molar-refractivity contribution in [2.24, 2.45) is 0 Å². The fraction of sp³-hybridized carbons (Fsp3) is 0.308. The number of hydrogen-bond acceptors (Lipinski definition) is 5. The lowest BCUT2D eigenvalue weighted by molar-refractivity contribution is -0.0867. The number of nitrogens with one attached hydrogen (secondary N) is 1. The molecular formula is C26H23F2N5O3. The Bertz CT molecular complexity index is 1390. The summed E-state index contributed by atoms with van der Waals surface area (Å²) in [6.07, 6.45) is 1.04. The van der Waals surface area contributed by atoms with Crippen LogP contribution in [0.5, 0.6) is 5.75 Å². The van der Waals surface area contributed by atoms with Gasteiger partial charge >= 0.3 is 0 Å². The Morgan fingerprint density at radius 3 is 2.58 bits per heavy atom. The largest absolute Gasteiger partial charge is 0.495 e. The van der Waals surface area contributed by atoms with Crippen LogP contribution >= 0.6 is 0 Å². The van der Waals surface area contributed by atoms with Crippen molar-refractivity contribution >= 4 is 23.2 Å². The third kappa shape index (κ3) is 4.06. The van der Waals surface area contributed by atoms with Gasteiger partial charge in [0.25, 0.3) is 11.8 Å². The first-order valence-corrected chi connectivity index (χ1v) is 11.5. The maximum atomic E-state index is 13.5. The number of carbonyl (C=O) groups excluding carboxylic acids is 2. The molecule has 8 nitrogen and oxygen atoms in total. The Kier molecular flexibility index (Phi) is 5.71. The van der Waals surface area contributed by atoms with Gasteiger partial charge in [-0.15, -0.1) is 0 Å². The van der Waals surface area contributed by atoms with E-state index < -0.39 is 11.8 Å². The van der Waals surface area contributed by atoms with Crippen LogP contribution in [0.4, 0.5) is 20.2 Å². The molecule has 1 N–H and O–H groups in total. The number of nitrogens with zero attached hydrogens (tertiary/aromatic N) is 4. The van der Waals surface area contributed by atoms with Gasteiger partial charge in [0.1, 0.15) is 17.5 Å². The molecule has 0 radical (unpaired) electrons. The highest BCUT2D eigenvalue weighted by atomic mass is 19.3. The summed E-state index contributed by atoms with van der Waals surface area (Å²) in [5, 5.41) is 16.3. The Balaban J connectivity index is 1.38. The van der Waals surface area contributed by atoms with Crippen LogP contribution in [-0.2, 0) is 6.54 Å². The summed E-state index contributed by atoms with van der Waals surface area (Å²) in [6, 6.07) is 13.5. The van der Waals surface area contributed by atoms with E-state index in [1.165, 1.54) is 24.1 Å². The molecule has 10 heteroatoms. The van der Waals surface area contributed by atoms with Crippen LogP contribution in [0.25, 0.3) is 0 Å². The molecule has 184 valence electrons. The average molecular weight is 491 g/mol. The zero-order valence-electron chi connectivity index (χ0n) is 19.7. The molecule has 2 heterocycles. The Morgan fingerprint density at radius 1 is 1.22 bits per heavy atom. The van der Waals surface area contributed by atoms with E-state index in [0.717, 1.165) is 5.56 Å². The number of methoxy groups -OCH3 is 1. The fourth-order valence-corrected chi connectivity index (χ4v) is 4.81. The molecule has 0 saturated heterocycles. The first-order chi connectivity index (χ1) is 17.2. The normalized spacial score (nSPS) is 18.7. The average Bonchev–Trinajstić information content (AvgIpc) is 3.27. The minimum Gasteiger partial charge on any atom is -0.495 e. The van der Waals surface area contributed by atoms with Gasteiger partial charge in [-0.2, -0.15) is 10.4 Å². The number of alkyl halides is 2. The number of aromatic nitrogens is 2. The van der Waals surface area contributed by atoms with Gasteiger partial charge in [-0.1, -0.05) is 12.1 Å². The first kappa shape index (κ1) is 23.5. The van der Waals surface area contributed by atoms with Crippen molar-refractivity contribution in [3.63, 3.8) is 0 Å². The molecule has 5 rings (SSSR count). The zero-order valence-corrected chi connectivity index (χ0v) is 19.7. The summed E-state index contributed by atoms with van der Waals surface area (Å²) < 4.78 is 33.2. The molecule has 1 fully saturated rings. The van der Waals surface area contributed by atoms with Gasteiger partial charge in [0, 0.05) is 24.2 Å². The van der Waals surface area contributed by atoms with Crippen molar-refractivity contribution < 1.29 is 23.1 Å². The van der Waals surface area contributed by atoms with E-state index in [1.807, 2.05) is 13.0 Å². The fourth-order valence-electron chi connectivity index (χ4n) is 4.81. The van der Waals surface area contributed by atoms with Gasteiger partial charge in [0.2, 0.25) is 5.92 Å². The lowest BCUT2D eigenvalue weighted by Crippen LogP contribution is -2.47. The predicted octanol–water partition coefficient (Wildman–Crippen LogP) is 4.58. The molecule has 1 aliphatic heterocycles. The second-order valence-corrected chi connectivity index (χ2v) is 9.15. The number of carbonyl (C=O) groups is 2. The molecule has 2 aliphatic rings. The molecule has 0 unspecified atom stereocenters. The molecular weight excluding hydrogens is 468 g/mol. The maximum absolute atomic E-state index is 13.5. The van der Waals surface area contributed by atoms with Crippen molar-refractivity contribution in [3.8, 4) is 11.8 Å². The number of rotatable bonds is 5. The van der Waals surface area contributed by atoms with Crippen molar-refractivity contribution in [1.29, 1.82) is 5.26 Å². The number of amides is 2. The van der Waals surface area contributed by atoms with Crippen molar-refractivity contribution in [1.82, 2.24) is 9.78 Å². The number of ether oxygens (including phenoxy) is 1. The summed E-state index contributed by atoms with van der Waals surface area (Å²) in [7, 11) is 1.45. The first-order valence-electron chi connectivity index (χ1n) is 11.5. The molecule has 3 aromatic rings. The molecule has 2 aromatic carbocycles. The minimum atomic E-state index is -2.60. The Morgan fingerprint density at radius 2 is 1.94 bits per heavy atom. The molecule has 0 spiro atoms. The van der Waals surface area contributed by atoms with Crippen molar-refractivity contribution in [2.45, 2.75) is 44.2 Å². The van der Waals surface area contributed by atoms with Gasteiger partial charge in [0.15, 0.2) is 0 Å². The van der Waals surface area contributed by atoms with E-state index in [4.69, 9.17) is 4.74 Å². The van der Waals surface area contributed by atoms with E-state index in [9.17, 15) is 23.6 Å². The number of hydrogen-bond donors (Lipinski definition) is 1. The number of benzene rings is 2. The second-order valence-electron chi connectivity index (χ2n) is 9.15. The van der Waals surface area contributed by atoms with Crippen LogP contribution in [-0.4, -0.2) is 40.7 Å². The summed E-state index contributed by atoms with van der Waals surface area (Å²) >= 11 is 0. The maximum Gasteiger partial charge on any atom is 0.277 e. The van der Waals surface area contributed by atoms with Gasteiger partial charge in [-0.3, -0.25) is 14.3 Å².